The molecule has 88 valence electrons. The highest BCUT2D eigenvalue weighted by atomic mass is 35.5. The highest BCUT2D eigenvalue weighted by molar-refractivity contribution is 6.60. The summed E-state index contributed by atoms with van der Waals surface area (Å²) in [5, 5.41) is 0.988. The Labute approximate surface area is 106 Å². The maximum absolute atomic E-state index is 6.25. The van der Waals surface area contributed by atoms with Crippen molar-refractivity contribution in [1.82, 2.24) is 0 Å². The Morgan fingerprint density at radius 3 is 2.75 bits per heavy atom. The molecule has 0 saturated heterocycles. The second kappa shape index (κ2) is 5.37. The second-order valence-corrected chi connectivity index (χ2v) is 9.46. The molecule has 2 rings (SSSR count). The molecule has 0 aromatic heterocycles. The van der Waals surface area contributed by atoms with Crippen LogP contribution in [0.1, 0.15) is 31.4 Å². The summed E-state index contributed by atoms with van der Waals surface area (Å²) in [5.74, 6) is 0. The van der Waals surface area contributed by atoms with Gasteiger partial charge in [0.05, 0.1) is 0 Å². The first-order chi connectivity index (χ1) is 7.76. The summed E-state index contributed by atoms with van der Waals surface area (Å²) < 4.78 is 0. The Bertz CT molecular complexity index is 358. The van der Waals surface area contributed by atoms with E-state index in [4.69, 9.17) is 11.6 Å². The quantitative estimate of drug-likeness (QED) is 0.697. The van der Waals surface area contributed by atoms with E-state index in [0.717, 1.165) is 10.6 Å². The first-order valence-corrected chi connectivity index (χ1v) is 9.20. The smallest absolute Gasteiger partial charge is 0.0440 e. The van der Waals surface area contributed by atoms with Gasteiger partial charge >= 0.3 is 0 Å². The summed E-state index contributed by atoms with van der Waals surface area (Å²) in [4.78, 5) is 0. The van der Waals surface area contributed by atoms with Crippen LogP contribution < -0.4 is 0 Å². The van der Waals surface area contributed by atoms with Crippen LogP contribution in [-0.4, -0.2) is 8.80 Å². The molecule has 0 nitrogen and oxygen atoms in total. The van der Waals surface area contributed by atoms with Gasteiger partial charge in [-0.15, -0.1) is 0 Å². The van der Waals surface area contributed by atoms with Crippen molar-refractivity contribution >= 4 is 20.4 Å². The molecular weight excluding hydrogens is 232 g/mol. The number of halogens is 1. The maximum atomic E-state index is 6.25. The molecule has 0 spiro atoms. The van der Waals surface area contributed by atoms with Crippen LogP contribution in [-0.2, 0) is 12.8 Å². The molecule has 0 saturated carbocycles. The fraction of sp³-hybridized carbons (Fsp3) is 0.571. The summed E-state index contributed by atoms with van der Waals surface area (Å²) in [6.07, 6.45) is 3.90. The minimum atomic E-state index is -0.491. The van der Waals surface area contributed by atoms with Crippen LogP contribution >= 0.6 is 11.6 Å². The predicted octanol–water partition coefficient (Wildman–Crippen LogP) is 4.47. The van der Waals surface area contributed by atoms with Crippen molar-refractivity contribution in [3.63, 3.8) is 0 Å². The summed E-state index contributed by atoms with van der Waals surface area (Å²) in [6, 6.07) is 9.34. The summed E-state index contributed by atoms with van der Waals surface area (Å²) in [6.45, 7) is 4.77. The molecule has 1 atom stereocenters. The molecule has 0 heterocycles. The minimum Gasteiger partial charge on any atom is -0.0840 e. The molecule has 0 radical (unpaired) electrons. The van der Waals surface area contributed by atoms with E-state index in [1.54, 1.807) is 0 Å². The van der Waals surface area contributed by atoms with Gasteiger partial charge in [0.1, 0.15) is 0 Å². The van der Waals surface area contributed by atoms with Gasteiger partial charge in [0.15, 0.2) is 0 Å². The van der Waals surface area contributed by atoms with Crippen molar-refractivity contribution in [2.24, 2.45) is 0 Å². The normalized spacial score (nSPS) is 19.9. The van der Waals surface area contributed by atoms with Gasteiger partial charge in [0.2, 0.25) is 0 Å². The number of fused-ring (bicyclic) bond motifs is 1. The largest absolute Gasteiger partial charge is 0.0840 e. The highest BCUT2D eigenvalue weighted by Crippen LogP contribution is 2.36. The molecule has 0 aliphatic heterocycles. The van der Waals surface area contributed by atoms with Crippen LogP contribution in [0.25, 0.3) is 0 Å². The third-order valence-electron chi connectivity index (χ3n) is 4.18. The van der Waals surface area contributed by atoms with Gasteiger partial charge in [-0.1, -0.05) is 49.7 Å². The van der Waals surface area contributed by atoms with E-state index in [0.29, 0.717) is 0 Å². The van der Waals surface area contributed by atoms with E-state index in [-0.39, 0.29) is 0 Å². The van der Waals surface area contributed by atoms with E-state index in [2.05, 4.69) is 26.0 Å². The Morgan fingerprint density at radius 1 is 1.31 bits per heavy atom. The molecular formula is C14H21ClSi. The second-order valence-electron chi connectivity index (χ2n) is 4.96. The lowest BCUT2D eigenvalue weighted by molar-refractivity contribution is 0.665. The molecule has 0 bridgehead atoms. The van der Waals surface area contributed by atoms with Gasteiger partial charge in [0.25, 0.3) is 0 Å². The topological polar surface area (TPSA) is 0 Å². The van der Waals surface area contributed by atoms with Crippen LogP contribution in [0.15, 0.2) is 18.2 Å². The van der Waals surface area contributed by atoms with Crippen molar-refractivity contribution < 1.29 is 0 Å². The lowest BCUT2D eigenvalue weighted by atomic mass is 9.91. The molecule has 0 N–H and O–H groups in total. The zero-order chi connectivity index (χ0) is 11.5. The van der Waals surface area contributed by atoms with Crippen LogP contribution in [0.4, 0.5) is 0 Å². The zero-order valence-corrected chi connectivity index (χ0v) is 12.2. The first kappa shape index (κ1) is 12.2. The minimum absolute atomic E-state index is 0.491. The number of hydrogen-bond donors (Lipinski definition) is 0. The monoisotopic (exact) mass is 252 g/mol. The summed E-state index contributed by atoms with van der Waals surface area (Å²) in [5.41, 5.74) is 3.98. The van der Waals surface area contributed by atoms with Crippen molar-refractivity contribution in [3.8, 4) is 0 Å². The van der Waals surface area contributed by atoms with Crippen LogP contribution in [0.3, 0.4) is 0 Å². The SMILES string of the molecule is CC[SiH](CC)[C@H]1CCc2c(Cl)cccc2C1. The van der Waals surface area contributed by atoms with Gasteiger partial charge in [-0.2, -0.15) is 0 Å². The number of benzene rings is 1. The van der Waals surface area contributed by atoms with E-state index in [9.17, 15) is 0 Å². The fourth-order valence-electron chi connectivity index (χ4n) is 3.15. The van der Waals surface area contributed by atoms with Gasteiger partial charge in [-0.3, -0.25) is 0 Å². The molecule has 0 amide bonds. The first-order valence-electron chi connectivity index (χ1n) is 6.52. The van der Waals surface area contributed by atoms with E-state index < -0.39 is 8.80 Å². The average Bonchev–Trinajstić information content (AvgIpc) is 2.31. The molecule has 16 heavy (non-hydrogen) atoms. The van der Waals surface area contributed by atoms with E-state index in [1.807, 2.05) is 6.07 Å². The van der Waals surface area contributed by atoms with Crippen molar-refractivity contribution in [1.29, 1.82) is 0 Å². The molecule has 1 aromatic carbocycles. The summed E-state index contributed by atoms with van der Waals surface area (Å²) >= 11 is 6.25. The van der Waals surface area contributed by atoms with E-state index >= 15 is 0 Å². The molecule has 0 fully saturated rings. The molecule has 1 aromatic rings. The van der Waals surface area contributed by atoms with E-state index in [1.165, 1.54) is 42.5 Å². The lowest BCUT2D eigenvalue weighted by Gasteiger charge is -2.30. The van der Waals surface area contributed by atoms with Gasteiger partial charge in [0, 0.05) is 13.8 Å². The van der Waals surface area contributed by atoms with Gasteiger partial charge in [-0.05, 0) is 42.0 Å². The third kappa shape index (κ3) is 2.35. The fourth-order valence-corrected chi connectivity index (χ4v) is 6.57. The average molecular weight is 253 g/mol. The van der Waals surface area contributed by atoms with Crippen LogP contribution in [0, 0.1) is 0 Å². The Kier molecular flexibility index (Phi) is 4.09. The highest BCUT2D eigenvalue weighted by Gasteiger charge is 2.25. The van der Waals surface area contributed by atoms with Gasteiger partial charge in [-0.25, -0.2) is 0 Å². The van der Waals surface area contributed by atoms with Gasteiger partial charge < -0.3 is 0 Å². The van der Waals surface area contributed by atoms with Crippen molar-refractivity contribution in [2.45, 2.75) is 50.7 Å². The summed E-state index contributed by atoms with van der Waals surface area (Å²) in [7, 11) is -0.491. The third-order valence-corrected chi connectivity index (χ3v) is 8.53. The molecule has 1 aliphatic rings. The van der Waals surface area contributed by atoms with Crippen LogP contribution in [0.5, 0.6) is 0 Å². The lowest BCUT2D eigenvalue weighted by Crippen LogP contribution is -2.24. The Morgan fingerprint density at radius 2 is 2.06 bits per heavy atom. The Hall–Kier alpha value is -0.273. The molecule has 1 aliphatic carbocycles. The van der Waals surface area contributed by atoms with Crippen LogP contribution in [0.2, 0.25) is 22.7 Å². The number of rotatable bonds is 3. The molecule has 0 unspecified atom stereocenters. The standard InChI is InChI=1S/C14H21ClSi/c1-3-16(4-2)12-8-9-13-11(10-12)6-5-7-14(13)15/h5-7,12,16H,3-4,8-10H2,1-2H3/t12-/m0/s1. The zero-order valence-electron chi connectivity index (χ0n) is 10.3. The number of hydrogen-bond acceptors (Lipinski definition) is 0. The van der Waals surface area contributed by atoms with Crippen molar-refractivity contribution in [3.05, 3.63) is 34.3 Å². The predicted molar refractivity (Wildman–Crippen MR) is 75.3 cm³/mol. The maximum Gasteiger partial charge on any atom is 0.0440 e. The Balaban J connectivity index is 2.17. The van der Waals surface area contributed by atoms with Crippen molar-refractivity contribution in [2.75, 3.05) is 0 Å². The molecule has 2 heteroatoms.